The summed E-state index contributed by atoms with van der Waals surface area (Å²) in [5.74, 6) is -2.81. The molecule has 0 aliphatic heterocycles. The van der Waals surface area contributed by atoms with Gasteiger partial charge in [0.15, 0.2) is 0 Å². The van der Waals surface area contributed by atoms with Gasteiger partial charge in [0.05, 0.1) is 12.7 Å². The fourth-order valence-electron chi connectivity index (χ4n) is 2.44. The summed E-state index contributed by atoms with van der Waals surface area (Å²) in [7, 11) is 1.25. The maximum absolute atomic E-state index is 13.8. The molecule has 0 aliphatic rings. The summed E-state index contributed by atoms with van der Waals surface area (Å²) in [6, 6.07) is 3.80. The summed E-state index contributed by atoms with van der Waals surface area (Å²) in [4.78, 5) is 36.9. The van der Waals surface area contributed by atoms with Gasteiger partial charge in [-0.05, 0) is 24.0 Å². The molecule has 144 valence electrons. The lowest BCUT2D eigenvalue weighted by Crippen LogP contribution is -2.55. The summed E-state index contributed by atoms with van der Waals surface area (Å²) >= 11 is 0. The second-order valence-electron chi connectivity index (χ2n) is 6.57. The number of rotatable bonds is 8. The van der Waals surface area contributed by atoms with Gasteiger partial charge in [-0.1, -0.05) is 46.2 Å². The van der Waals surface area contributed by atoms with Crippen LogP contribution in [0.1, 0.15) is 44.5 Å². The van der Waals surface area contributed by atoms with Crippen LogP contribution in [0, 0.1) is 17.7 Å². The predicted octanol–water partition coefficient (Wildman–Crippen LogP) is 2.28. The van der Waals surface area contributed by atoms with Crippen LogP contribution in [0.4, 0.5) is 4.39 Å². The van der Waals surface area contributed by atoms with Crippen molar-refractivity contribution in [3.8, 4) is 0 Å². The van der Waals surface area contributed by atoms with E-state index in [2.05, 4.69) is 10.6 Å². The Morgan fingerprint density at radius 3 is 2.19 bits per heavy atom. The van der Waals surface area contributed by atoms with Crippen LogP contribution in [0.15, 0.2) is 24.3 Å². The average molecular weight is 366 g/mol. The lowest BCUT2D eigenvalue weighted by molar-refractivity contribution is -0.147. The molecule has 0 saturated carbocycles. The number of carbonyl (C=O) groups is 3. The van der Waals surface area contributed by atoms with Crippen molar-refractivity contribution in [1.82, 2.24) is 10.6 Å². The first-order valence-electron chi connectivity index (χ1n) is 8.66. The number of nitrogens with one attached hydrogen (secondary N) is 2. The number of benzene rings is 1. The third-order valence-electron chi connectivity index (χ3n) is 4.32. The maximum atomic E-state index is 13.8. The minimum atomic E-state index is -0.918. The third kappa shape index (κ3) is 5.54. The predicted molar refractivity (Wildman–Crippen MR) is 95.9 cm³/mol. The lowest BCUT2D eigenvalue weighted by Gasteiger charge is -2.27. The fraction of sp³-hybridized carbons (Fsp3) is 0.526. The average Bonchev–Trinajstić information content (AvgIpc) is 2.62. The van der Waals surface area contributed by atoms with Gasteiger partial charge in [-0.15, -0.1) is 0 Å². The monoisotopic (exact) mass is 366 g/mol. The number of hydrogen-bond donors (Lipinski definition) is 2. The van der Waals surface area contributed by atoms with E-state index in [9.17, 15) is 18.8 Å². The smallest absolute Gasteiger partial charge is 0.328 e. The van der Waals surface area contributed by atoms with Crippen molar-refractivity contribution in [3.63, 3.8) is 0 Å². The van der Waals surface area contributed by atoms with Crippen molar-refractivity contribution in [2.45, 2.75) is 46.2 Å². The first kappa shape index (κ1) is 21.6. The lowest BCUT2D eigenvalue weighted by atomic mass is 9.97. The third-order valence-corrected chi connectivity index (χ3v) is 4.32. The SMILES string of the molecule is CCC(C)C(NC(=O)[C@H](NC(=O)c1ccccc1F)C(C)C)C(=O)OC. The first-order valence-corrected chi connectivity index (χ1v) is 8.66. The molecule has 2 amide bonds. The highest BCUT2D eigenvalue weighted by Gasteiger charge is 2.32. The first-order chi connectivity index (χ1) is 12.2. The topological polar surface area (TPSA) is 84.5 Å². The molecular weight excluding hydrogens is 339 g/mol. The zero-order valence-corrected chi connectivity index (χ0v) is 15.8. The zero-order chi connectivity index (χ0) is 19.9. The molecule has 3 atom stereocenters. The highest BCUT2D eigenvalue weighted by molar-refractivity contribution is 5.98. The summed E-state index contributed by atoms with van der Waals surface area (Å²) in [5, 5.41) is 5.20. The van der Waals surface area contributed by atoms with Gasteiger partial charge in [-0.2, -0.15) is 0 Å². The fourth-order valence-corrected chi connectivity index (χ4v) is 2.44. The summed E-state index contributed by atoms with van der Waals surface area (Å²) in [6.07, 6.45) is 0.661. The molecule has 0 saturated heterocycles. The van der Waals surface area contributed by atoms with Crippen molar-refractivity contribution in [2.24, 2.45) is 11.8 Å². The Labute approximate surface area is 153 Å². The van der Waals surface area contributed by atoms with Crippen molar-refractivity contribution in [3.05, 3.63) is 35.6 Å². The number of carbonyl (C=O) groups excluding carboxylic acids is 3. The number of methoxy groups -OCH3 is 1. The van der Waals surface area contributed by atoms with Gasteiger partial charge < -0.3 is 15.4 Å². The van der Waals surface area contributed by atoms with Crippen LogP contribution in [0.2, 0.25) is 0 Å². The molecule has 0 spiro atoms. The zero-order valence-electron chi connectivity index (χ0n) is 15.8. The molecule has 0 fully saturated rings. The molecule has 1 aromatic rings. The number of hydrogen-bond acceptors (Lipinski definition) is 4. The Morgan fingerprint density at radius 1 is 1.08 bits per heavy atom. The molecule has 0 radical (unpaired) electrons. The number of amides is 2. The molecule has 2 N–H and O–H groups in total. The van der Waals surface area contributed by atoms with Crippen molar-refractivity contribution >= 4 is 17.8 Å². The van der Waals surface area contributed by atoms with E-state index in [0.29, 0.717) is 6.42 Å². The van der Waals surface area contributed by atoms with Gasteiger partial charge in [0.2, 0.25) is 5.91 Å². The van der Waals surface area contributed by atoms with Gasteiger partial charge in [-0.25, -0.2) is 9.18 Å². The molecular formula is C19H27FN2O4. The minimum Gasteiger partial charge on any atom is -0.467 e. The highest BCUT2D eigenvalue weighted by Crippen LogP contribution is 2.12. The number of ether oxygens (including phenoxy) is 1. The van der Waals surface area contributed by atoms with E-state index in [1.54, 1.807) is 19.9 Å². The normalized spacial score (nSPS) is 14.3. The van der Waals surface area contributed by atoms with Gasteiger partial charge in [-0.3, -0.25) is 9.59 Å². The van der Waals surface area contributed by atoms with E-state index in [1.165, 1.54) is 25.3 Å². The van der Waals surface area contributed by atoms with E-state index in [4.69, 9.17) is 4.74 Å². The maximum Gasteiger partial charge on any atom is 0.328 e. The molecule has 6 nitrogen and oxygen atoms in total. The van der Waals surface area contributed by atoms with Crippen LogP contribution < -0.4 is 10.6 Å². The largest absolute Gasteiger partial charge is 0.467 e. The Bertz CT molecular complexity index is 648. The van der Waals surface area contributed by atoms with Crippen LogP contribution >= 0.6 is 0 Å². The standard InChI is InChI=1S/C19H27FN2O4/c1-6-12(4)16(19(25)26-5)22-18(24)15(11(2)3)21-17(23)13-9-7-8-10-14(13)20/h7-12,15-16H,6H2,1-5H3,(H,21,23)(H,22,24)/t12?,15-,16?/m1/s1. The molecule has 7 heteroatoms. The van der Waals surface area contributed by atoms with Crippen molar-refractivity contribution in [2.75, 3.05) is 7.11 Å². The van der Waals surface area contributed by atoms with Crippen molar-refractivity contribution in [1.29, 1.82) is 0 Å². The highest BCUT2D eigenvalue weighted by atomic mass is 19.1. The molecule has 0 heterocycles. The van der Waals surface area contributed by atoms with E-state index in [-0.39, 0.29) is 17.4 Å². The van der Waals surface area contributed by atoms with E-state index < -0.39 is 35.7 Å². The summed E-state index contributed by atoms with van der Waals surface area (Å²) < 4.78 is 18.5. The number of halogens is 1. The van der Waals surface area contributed by atoms with Crippen LogP contribution in [-0.2, 0) is 14.3 Å². The number of esters is 1. The Hall–Kier alpha value is -2.44. The van der Waals surface area contributed by atoms with Gasteiger partial charge in [0.1, 0.15) is 17.9 Å². The second-order valence-corrected chi connectivity index (χ2v) is 6.57. The van der Waals surface area contributed by atoms with Crippen LogP contribution in [0.25, 0.3) is 0 Å². The summed E-state index contributed by atoms with van der Waals surface area (Å²) in [5.41, 5.74) is -0.141. The molecule has 0 bridgehead atoms. The molecule has 0 aromatic heterocycles. The Kier molecular flexibility index (Phi) is 8.22. The van der Waals surface area contributed by atoms with Crippen LogP contribution in [0.5, 0.6) is 0 Å². The van der Waals surface area contributed by atoms with Gasteiger partial charge in [0, 0.05) is 0 Å². The van der Waals surface area contributed by atoms with Crippen LogP contribution in [0.3, 0.4) is 0 Å². The van der Waals surface area contributed by atoms with Gasteiger partial charge in [0.25, 0.3) is 5.91 Å². The van der Waals surface area contributed by atoms with E-state index in [1.807, 2.05) is 13.8 Å². The minimum absolute atomic E-state index is 0.138. The van der Waals surface area contributed by atoms with Crippen molar-refractivity contribution < 1.29 is 23.5 Å². The molecule has 2 unspecified atom stereocenters. The molecule has 0 aliphatic carbocycles. The molecule has 26 heavy (non-hydrogen) atoms. The van der Waals surface area contributed by atoms with E-state index in [0.717, 1.165) is 0 Å². The van der Waals surface area contributed by atoms with Crippen LogP contribution in [-0.4, -0.2) is 37.0 Å². The van der Waals surface area contributed by atoms with Gasteiger partial charge >= 0.3 is 5.97 Å². The molecule has 1 aromatic carbocycles. The molecule has 1 rings (SSSR count). The van der Waals surface area contributed by atoms with E-state index >= 15 is 0 Å². The second kappa shape index (κ2) is 9.89. The Morgan fingerprint density at radius 2 is 1.69 bits per heavy atom. The quantitative estimate of drug-likeness (QED) is 0.692. The Balaban J connectivity index is 2.94. The summed E-state index contributed by atoms with van der Waals surface area (Å²) in [6.45, 7) is 7.22.